The molecule has 1 aliphatic heterocycles. The van der Waals surface area contributed by atoms with Crippen molar-refractivity contribution in [3.05, 3.63) is 0 Å². The number of carboxylic acids is 1. The quantitative estimate of drug-likeness (QED) is 0.640. The van der Waals surface area contributed by atoms with Crippen molar-refractivity contribution in [3.63, 3.8) is 0 Å². The fourth-order valence-corrected chi connectivity index (χ4v) is 2.67. The van der Waals surface area contributed by atoms with Gasteiger partial charge in [0.15, 0.2) is 6.10 Å². The molecule has 2 unspecified atom stereocenters. The number of phosphoric ester groups is 1. The molecule has 8 nitrogen and oxygen atoms in total. The molecule has 0 bridgehead atoms. The highest BCUT2D eigenvalue weighted by molar-refractivity contribution is 7.47. The van der Waals surface area contributed by atoms with Crippen molar-refractivity contribution in [2.75, 3.05) is 13.2 Å². The third-order valence-corrected chi connectivity index (χ3v) is 3.72. The predicted molar refractivity (Wildman–Crippen MR) is 64.2 cm³/mol. The van der Waals surface area contributed by atoms with Crippen molar-refractivity contribution < 1.29 is 33.2 Å². The van der Waals surface area contributed by atoms with E-state index in [0.29, 0.717) is 0 Å². The first-order chi connectivity index (χ1) is 8.55. The van der Waals surface area contributed by atoms with Gasteiger partial charge in [0, 0.05) is 12.0 Å². The van der Waals surface area contributed by atoms with Gasteiger partial charge in [0.2, 0.25) is 5.91 Å². The molecule has 1 rings (SSSR count). The molecule has 19 heavy (non-hydrogen) atoms. The van der Waals surface area contributed by atoms with Gasteiger partial charge in [-0.3, -0.25) is 18.6 Å². The summed E-state index contributed by atoms with van der Waals surface area (Å²) in [5.41, 5.74) is -0.785. The Morgan fingerprint density at radius 2 is 2.11 bits per heavy atom. The maximum Gasteiger partial charge on any atom is 0.472 e. The molecule has 0 aromatic carbocycles. The number of rotatable bonds is 4. The third-order valence-electron chi connectivity index (χ3n) is 2.79. The molecule has 1 saturated heterocycles. The van der Waals surface area contributed by atoms with E-state index in [2.05, 4.69) is 9.84 Å². The lowest BCUT2D eigenvalue weighted by atomic mass is 9.87. The first-order valence-electron chi connectivity index (χ1n) is 5.71. The predicted octanol–water partition coefficient (Wildman–Crippen LogP) is 0.365. The van der Waals surface area contributed by atoms with Crippen molar-refractivity contribution in [2.45, 2.75) is 26.9 Å². The topological polar surface area (TPSA) is 122 Å². The highest BCUT2D eigenvalue weighted by Crippen LogP contribution is 2.52. The summed E-state index contributed by atoms with van der Waals surface area (Å²) in [6.45, 7) is 4.55. The number of hydrogen-bond acceptors (Lipinski definition) is 5. The van der Waals surface area contributed by atoms with Crippen LogP contribution < -0.4 is 5.32 Å². The summed E-state index contributed by atoms with van der Waals surface area (Å²) in [7, 11) is -4.22. The number of phosphoric acid groups is 1. The van der Waals surface area contributed by atoms with Gasteiger partial charge in [0.25, 0.3) is 0 Å². The first-order valence-corrected chi connectivity index (χ1v) is 7.21. The standard InChI is InChI=1S/C10H18NO7P/c1-6(9(13)14)4-11-8(12)7-10(2,3)5-17-19(15,16)18-7/h6-7H,4-5H2,1-3H3,(H,11,12)(H,13,14)(H,15,16)/t6?,7-/m0/s1. The van der Waals surface area contributed by atoms with E-state index >= 15 is 0 Å². The van der Waals surface area contributed by atoms with E-state index in [9.17, 15) is 19.0 Å². The lowest BCUT2D eigenvalue weighted by Gasteiger charge is -2.38. The van der Waals surface area contributed by atoms with E-state index in [4.69, 9.17) is 9.63 Å². The fourth-order valence-electron chi connectivity index (χ4n) is 1.47. The first kappa shape index (κ1) is 16.1. The minimum Gasteiger partial charge on any atom is -0.481 e. The van der Waals surface area contributed by atoms with Crippen molar-refractivity contribution in [2.24, 2.45) is 11.3 Å². The minimum absolute atomic E-state index is 0.0826. The Kier molecular flexibility index (Phi) is 4.73. The number of aliphatic carboxylic acids is 1. The normalized spacial score (nSPS) is 31.5. The van der Waals surface area contributed by atoms with Crippen LogP contribution in [0.3, 0.4) is 0 Å². The zero-order chi connectivity index (χ0) is 14.8. The zero-order valence-electron chi connectivity index (χ0n) is 11.0. The fraction of sp³-hybridized carbons (Fsp3) is 0.800. The molecule has 1 heterocycles. The number of nitrogens with one attached hydrogen (secondary N) is 1. The average Bonchev–Trinajstić information content (AvgIpc) is 2.29. The Balaban J connectivity index is 2.68. The molecule has 1 aliphatic rings. The van der Waals surface area contributed by atoms with Crippen molar-refractivity contribution in [1.82, 2.24) is 5.32 Å². The van der Waals surface area contributed by atoms with E-state index < -0.39 is 37.1 Å². The highest BCUT2D eigenvalue weighted by Gasteiger charge is 2.47. The summed E-state index contributed by atoms with van der Waals surface area (Å²) < 4.78 is 20.7. The molecule has 0 radical (unpaired) electrons. The van der Waals surface area contributed by atoms with Crippen molar-refractivity contribution >= 4 is 19.7 Å². The molecular weight excluding hydrogens is 277 g/mol. The smallest absolute Gasteiger partial charge is 0.472 e. The van der Waals surface area contributed by atoms with Crippen LogP contribution in [-0.4, -0.2) is 41.1 Å². The molecule has 9 heteroatoms. The zero-order valence-corrected chi connectivity index (χ0v) is 11.8. The van der Waals surface area contributed by atoms with E-state index in [-0.39, 0.29) is 13.2 Å². The van der Waals surface area contributed by atoms with Crippen LogP contribution in [0.4, 0.5) is 0 Å². The Labute approximate surface area is 110 Å². The molecule has 0 spiro atoms. The van der Waals surface area contributed by atoms with Gasteiger partial charge in [-0.05, 0) is 0 Å². The van der Waals surface area contributed by atoms with Gasteiger partial charge in [0.1, 0.15) is 0 Å². The second kappa shape index (κ2) is 5.58. The second-order valence-electron chi connectivity index (χ2n) is 5.20. The summed E-state index contributed by atoms with van der Waals surface area (Å²) in [6, 6.07) is 0. The van der Waals surface area contributed by atoms with Crippen LogP contribution in [0.25, 0.3) is 0 Å². The van der Waals surface area contributed by atoms with Gasteiger partial charge in [-0.15, -0.1) is 0 Å². The Morgan fingerprint density at radius 3 is 2.63 bits per heavy atom. The lowest BCUT2D eigenvalue weighted by molar-refractivity contribution is -0.143. The molecule has 0 aliphatic carbocycles. The largest absolute Gasteiger partial charge is 0.481 e. The highest BCUT2D eigenvalue weighted by atomic mass is 31.2. The summed E-state index contributed by atoms with van der Waals surface area (Å²) >= 11 is 0. The number of carboxylic acid groups (broad SMARTS) is 1. The van der Waals surface area contributed by atoms with Crippen molar-refractivity contribution in [3.8, 4) is 0 Å². The van der Waals surface area contributed by atoms with Gasteiger partial charge in [0.05, 0.1) is 12.5 Å². The monoisotopic (exact) mass is 295 g/mol. The molecule has 3 atom stereocenters. The molecule has 0 saturated carbocycles. The van der Waals surface area contributed by atoms with E-state index in [1.807, 2.05) is 0 Å². The lowest BCUT2D eigenvalue weighted by Crippen LogP contribution is -2.50. The van der Waals surface area contributed by atoms with Crippen LogP contribution in [0.15, 0.2) is 0 Å². The minimum atomic E-state index is -4.22. The van der Waals surface area contributed by atoms with Gasteiger partial charge < -0.3 is 15.3 Å². The number of carbonyl (C=O) groups is 2. The van der Waals surface area contributed by atoms with Gasteiger partial charge in [-0.2, -0.15) is 0 Å². The SMILES string of the molecule is CC(CNC(=O)[C@@H]1OP(=O)(O)OCC1(C)C)C(=O)O. The number of hydrogen-bond donors (Lipinski definition) is 3. The van der Waals surface area contributed by atoms with E-state index in [1.54, 1.807) is 13.8 Å². The molecule has 110 valence electrons. The molecule has 1 fully saturated rings. The summed E-state index contributed by atoms with van der Waals surface area (Å²) in [5.74, 6) is -2.43. The summed E-state index contributed by atoms with van der Waals surface area (Å²) in [5, 5.41) is 11.1. The van der Waals surface area contributed by atoms with Gasteiger partial charge >= 0.3 is 13.8 Å². The Hall–Kier alpha value is -0.950. The Bertz CT molecular complexity index is 422. The average molecular weight is 295 g/mol. The van der Waals surface area contributed by atoms with Crippen LogP contribution in [0.5, 0.6) is 0 Å². The van der Waals surface area contributed by atoms with Crippen LogP contribution in [0.2, 0.25) is 0 Å². The summed E-state index contributed by atoms with van der Waals surface area (Å²) in [4.78, 5) is 31.8. The summed E-state index contributed by atoms with van der Waals surface area (Å²) in [6.07, 6.45) is -1.17. The second-order valence-corrected chi connectivity index (χ2v) is 6.61. The maximum absolute atomic E-state index is 11.9. The van der Waals surface area contributed by atoms with Gasteiger partial charge in [-0.25, -0.2) is 4.57 Å². The van der Waals surface area contributed by atoms with Crippen LogP contribution in [-0.2, 0) is 23.2 Å². The van der Waals surface area contributed by atoms with E-state index in [0.717, 1.165) is 0 Å². The van der Waals surface area contributed by atoms with Crippen LogP contribution in [0.1, 0.15) is 20.8 Å². The molecule has 0 aromatic rings. The maximum atomic E-state index is 11.9. The molecule has 3 N–H and O–H groups in total. The molecular formula is C10H18NO7P. The van der Waals surface area contributed by atoms with Crippen LogP contribution in [0, 0.1) is 11.3 Å². The third kappa shape index (κ3) is 4.28. The number of amides is 1. The van der Waals surface area contributed by atoms with Crippen LogP contribution >= 0.6 is 7.82 Å². The Morgan fingerprint density at radius 1 is 1.53 bits per heavy atom. The van der Waals surface area contributed by atoms with E-state index in [1.165, 1.54) is 6.92 Å². The molecule has 0 aromatic heterocycles. The van der Waals surface area contributed by atoms with Crippen molar-refractivity contribution in [1.29, 1.82) is 0 Å². The number of carbonyl (C=O) groups excluding carboxylic acids is 1. The van der Waals surface area contributed by atoms with Gasteiger partial charge in [-0.1, -0.05) is 20.8 Å². The molecule has 1 amide bonds.